The van der Waals surface area contributed by atoms with Crippen molar-refractivity contribution in [1.82, 2.24) is 0 Å². The fourth-order valence-corrected chi connectivity index (χ4v) is 28.5. The summed E-state index contributed by atoms with van der Waals surface area (Å²) in [5.74, 6) is 1.96. The molecule has 0 spiro atoms. The Hall–Kier alpha value is -2.88. The second-order valence-electron chi connectivity index (χ2n) is 12.4. The van der Waals surface area contributed by atoms with Crippen molar-refractivity contribution in [3.63, 3.8) is 0 Å². The van der Waals surface area contributed by atoms with Crippen LogP contribution in [0.2, 0.25) is 13.1 Å². The fourth-order valence-electron chi connectivity index (χ4n) is 7.68. The zero-order valence-corrected chi connectivity index (χ0v) is 31.5. The molecule has 0 radical (unpaired) electrons. The smallest absolute Gasteiger partial charge is 1.00 e. The van der Waals surface area contributed by atoms with Gasteiger partial charge in [0.25, 0.3) is 0 Å². The monoisotopic (exact) mass is 736 g/mol. The third-order valence-electron chi connectivity index (χ3n) is 9.70. The molecule has 0 fully saturated rings. The van der Waals surface area contributed by atoms with E-state index in [0.717, 1.165) is 35.5 Å². The Morgan fingerprint density at radius 2 is 1.02 bits per heavy atom. The van der Waals surface area contributed by atoms with Crippen LogP contribution in [0.4, 0.5) is 0 Å². The molecule has 2 unspecified atom stereocenters. The zero-order valence-electron chi connectivity index (χ0n) is 26.5. The van der Waals surface area contributed by atoms with Gasteiger partial charge >= 0.3 is 269 Å². The molecule has 6 aromatic rings. The van der Waals surface area contributed by atoms with Crippen LogP contribution >= 0.6 is 0 Å². The van der Waals surface area contributed by atoms with Gasteiger partial charge in [-0.25, -0.2) is 0 Å². The van der Waals surface area contributed by atoms with Gasteiger partial charge in [-0.1, -0.05) is 0 Å². The van der Waals surface area contributed by atoms with E-state index in [-0.39, 0.29) is 24.8 Å². The van der Waals surface area contributed by atoms with Gasteiger partial charge in [-0.15, -0.1) is 0 Å². The van der Waals surface area contributed by atoms with Crippen molar-refractivity contribution in [2.75, 3.05) is 0 Å². The van der Waals surface area contributed by atoms with Gasteiger partial charge in [-0.05, 0) is 0 Å². The Balaban J connectivity index is 0.00000186. The van der Waals surface area contributed by atoms with E-state index in [2.05, 4.69) is 136 Å². The summed E-state index contributed by atoms with van der Waals surface area (Å²) in [5, 5.41) is 2.33. The van der Waals surface area contributed by atoms with Crippen LogP contribution in [0.15, 0.2) is 117 Å². The van der Waals surface area contributed by atoms with Crippen molar-refractivity contribution in [2.45, 2.75) is 47.0 Å². The maximum Gasteiger partial charge on any atom is -1.00 e. The number of benzene rings is 4. The summed E-state index contributed by atoms with van der Waals surface area (Å²) in [6.45, 7) is 9.95. The van der Waals surface area contributed by atoms with Gasteiger partial charge in [0.2, 0.25) is 0 Å². The zero-order chi connectivity index (χ0) is 29.9. The molecule has 0 saturated heterocycles. The Bertz CT molecular complexity index is 1980. The summed E-state index contributed by atoms with van der Waals surface area (Å²) < 4.78 is 14.0. The van der Waals surface area contributed by atoms with Gasteiger partial charge in [0.1, 0.15) is 0 Å². The molecule has 2 atom stereocenters. The van der Waals surface area contributed by atoms with Crippen molar-refractivity contribution in [3.8, 4) is 22.6 Å². The maximum atomic E-state index is 6.42. The quantitative estimate of drug-likeness (QED) is 0.203. The standard InChI is InChI=1S/2C19H15O.C2H6Si.2ClH.Zr/c2*1-2-13-10-14-7-5-8-16(17(14)11-13)19-12-15-6-3-4-9-18(15)20-19;1-3-2;;;/h2*3-12H,2H2,1H3;1-2H3;2*1H;/q;;;;;+2/p-2. The molecule has 2 nitrogen and oxygen atoms in total. The normalized spacial score (nSPS) is 16.2. The van der Waals surface area contributed by atoms with E-state index >= 15 is 0 Å². The third kappa shape index (κ3) is 5.36. The average molecular weight is 739 g/mol. The van der Waals surface area contributed by atoms with Crippen LogP contribution in [-0.2, 0) is 20.4 Å². The molecule has 230 valence electrons. The van der Waals surface area contributed by atoms with Crippen molar-refractivity contribution in [2.24, 2.45) is 0 Å². The number of hydrogen-bond donors (Lipinski definition) is 0. The van der Waals surface area contributed by atoms with E-state index in [4.69, 9.17) is 8.83 Å². The van der Waals surface area contributed by atoms with Gasteiger partial charge in [-0.3, -0.25) is 0 Å². The summed E-state index contributed by atoms with van der Waals surface area (Å²) in [7, 11) is 0. The molecule has 2 aromatic heterocycles. The molecule has 4 aromatic carbocycles. The number of halogens is 2. The van der Waals surface area contributed by atoms with Crippen LogP contribution in [0.5, 0.6) is 0 Å². The molecular formula is C40H36Cl2O2SiZr. The first-order valence-corrected chi connectivity index (χ1v) is 24.9. The van der Waals surface area contributed by atoms with E-state index in [1.54, 1.807) is 22.3 Å². The second-order valence-corrected chi connectivity index (χ2v) is 30.2. The predicted octanol–water partition coefficient (Wildman–Crippen LogP) is 5.79. The SMILES string of the molecule is CCC1=Cc2c(-c3cc4ccccc4o3)cccc2[CH]1[Zr+2]([CH]1C(CC)=Cc2c(-c3cc4ccccc4o3)cccc21)=[Si](C)C.[Cl-].[Cl-]. The summed E-state index contributed by atoms with van der Waals surface area (Å²) in [6.07, 6.45) is 7.29. The topological polar surface area (TPSA) is 26.3 Å². The number of allylic oxidation sites excluding steroid dienone is 2. The largest absolute Gasteiger partial charge is 1.00 e. The van der Waals surface area contributed by atoms with E-state index < -0.39 is 25.8 Å². The van der Waals surface area contributed by atoms with Crippen LogP contribution in [0.3, 0.4) is 0 Å². The Kier molecular flexibility index (Phi) is 9.57. The Morgan fingerprint density at radius 3 is 1.41 bits per heavy atom. The number of furan rings is 2. The molecule has 0 amide bonds. The third-order valence-corrected chi connectivity index (χ3v) is 29.2. The molecule has 46 heavy (non-hydrogen) atoms. The van der Waals surface area contributed by atoms with Crippen molar-refractivity contribution in [3.05, 3.63) is 130 Å². The molecule has 0 aliphatic heterocycles. The average Bonchev–Trinajstić information content (AvgIpc) is 3.83. The minimum Gasteiger partial charge on any atom is -1.00 e. The molecule has 0 bridgehead atoms. The number of hydrogen-bond acceptors (Lipinski definition) is 2. The first kappa shape index (κ1) is 33.0. The molecular weight excluding hydrogens is 703 g/mol. The first-order valence-electron chi connectivity index (χ1n) is 15.9. The predicted molar refractivity (Wildman–Crippen MR) is 183 cm³/mol. The fraction of sp³-hybridized carbons (Fsp3) is 0.200. The Morgan fingerprint density at radius 1 is 0.587 bits per heavy atom. The van der Waals surface area contributed by atoms with Crippen LogP contribution in [0, 0.1) is 0 Å². The van der Waals surface area contributed by atoms with Crippen LogP contribution < -0.4 is 24.8 Å². The van der Waals surface area contributed by atoms with E-state index in [1.807, 2.05) is 0 Å². The number of para-hydroxylation sites is 2. The molecule has 6 heteroatoms. The van der Waals surface area contributed by atoms with E-state index in [1.165, 1.54) is 33.0 Å². The Labute approximate surface area is 291 Å². The van der Waals surface area contributed by atoms with Crippen molar-refractivity contribution in [1.29, 1.82) is 0 Å². The van der Waals surface area contributed by atoms with Crippen molar-refractivity contribution < 1.29 is 54.0 Å². The number of rotatable bonds is 6. The minimum absolute atomic E-state index is 0. The second kappa shape index (κ2) is 13.3. The molecule has 0 N–H and O–H groups in total. The number of fused-ring (bicyclic) bond motifs is 4. The molecule has 0 saturated carbocycles. The minimum atomic E-state index is -2.23. The molecule has 2 heterocycles. The van der Waals surface area contributed by atoms with Gasteiger partial charge < -0.3 is 24.8 Å². The summed E-state index contributed by atoms with van der Waals surface area (Å²) in [4.78, 5) is 0. The summed E-state index contributed by atoms with van der Waals surface area (Å²) in [5.41, 5.74) is 13.0. The molecule has 8 rings (SSSR count). The summed E-state index contributed by atoms with van der Waals surface area (Å²) in [6, 6.07) is 35.1. The molecule has 2 aliphatic carbocycles. The molecule has 2 aliphatic rings. The van der Waals surface area contributed by atoms with Gasteiger partial charge in [0.05, 0.1) is 0 Å². The van der Waals surface area contributed by atoms with Gasteiger partial charge in [0.15, 0.2) is 0 Å². The van der Waals surface area contributed by atoms with E-state index in [9.17, 15) is 0 Å². The van der Waals surface area contributed by atoms with E-state index in [0.29, 0.717) is 7.25 Å². The maximum absolute atomic E-state index is 6.42. The van der Waals surface area contributed by atoms with Gasteiger partial charge in [-0.2, -0.15) is 0 Å². The summed E-state index contributed by atoms with van der Waals surface area (Å²) >= 11 is -2.23. The van der Waals surface area contributed by atoms with Crippen LogP contribution in [-0.4, -0.2) is 5.43 Å². The first-order chi connectivity index (χ1) is 21.6. The van der Waals surface area contributed by atoms with Crippen LogP contribution in [0.25, 0.3) is 56.7 Å². The van der Waals surface area contributed by atoms with Gasteiger partial charge in [0, 0.05) is 0 Å². The van der Waals surface area contributed by atoms with Crippen LogP contribution in [0.1, 0.15) is 56.2 Å². The van der Waals surface area contributed by atoms with Crippen molar-refractivity contribution >= 4 is 39.5 Å².